The average molecular weight is 407 g/mol. The molecule has 0 aromatic carbocycles. The van der Waals surface area contributed by atoms with Crippen molar-refractivity contribution in [2.24, 2.45) is 0 Å². The predicted octanol–water partition coefficient (Wildman–Crippen LogP) is 3.33. The molecule has 1 N–H and O–H groups in total. The van der Waals surface area contributed by atoms with Crippen molar-refractivity contribution in [2.45, 2.75) is 53.7 Å². The number of anilines is 1. The van der Waals surface area contributed by atoms with Crippen LogP contribution in [0.4, 0.5) is 5.00 Å². The number of amides is 1. The third-order valence-corrected chi connectivity index (χ3v) is 5.07. The number of nitrogens with one attached hydrogen (secondary N) is 1. The predicted molar refractivity (Wildman–Crippen MR) is 106 cm³/mol. The summed E-state index contributed by atoms with van der Waals surface area (Å²) < 4.78 is 12.0. The Bertz CT molecular complexity index is 869. The van der Waals surface area contributed by atoms with Gasteiger partial charge in [0, 0.05) is 24.9 Å². The fraction of sp³-hybridized carbons (Fsp3) is 0.474. The van der Waals surface area contributed by atoms with Crippen LogP contribution in [0.15, 0.2) is 12.3 Å². The van der Waals surface area contributed by atoms with E-state index in [2.05, 4.69) is 10.4 Å². The molecule has 1 amide bonds. The number of nitrogens with zero attached hydrogens (tertiary/aromatic N) is 2. The Balaban J connectivity index is 2.23. The summed E-state index contributed by atoms with van der Waals surface area (Å²) in [4.78, 5) is 37.4. The molecule has 0 spiro atoms. The van der Waals surface area contributed by atoms with E-state index in [0.717, 1.165) is 17.0 Å². The molecule has 0 unspecified atom stereocenters. The van der Waals surface area contributed by atoms with Crippen LogP contribution in [0.1, 0.15) is 58.5 Å². The largest absolute Gasteiger partial charge is 0.462 e. The Kier molecular flexibility index (Phi) is 7.33. The fourth-order valence-corrected chi connectivity index (χ4v) is 3.65. The van der Waals surface area contributed by atoms with E-state index in [1.807, 2.05) is 13.0 Å². The van der Waals surface area contributed by atoms with E-state index in [9.17, 15) is 14.4 Å². The second-order valence-corrected chi connectivity index (χ2v) is 7.45. The molecule has 2 rings (SSSR count). The number of carbonyl (C=O) groups is 3. The molecular formula is C19H25N3O5S. The first-order valence-corrected chi connectivity index (χ1v) is 9.86. The topological polar surface area (TPSA) is 99.5 Å². The van der Waals surface area contributed by atoms with Crippen molar-refractivity contribution < 1.29 is 23.9 Å². The third kappa shape index (κ3) is 5.19. The van der Waals surface area contributed by atoms with Gasteiger partial charge in [-0.05, 0) is 46.2 Å². The zero-order chi connectivity index (χ0) is 20.8. The quantitative estimate of drug-likeness (QED) is 0.674. The molecule has 0 saturated carbocycles. The standard InChI is InChI=1S/C19H25N3O5S/c1-6-26-19(25)16-13(5)15(18(24)27-11(2)3)17(28-16)21-14(23)8-10-22-12(4)7-9-20-22/h7,9,11H,6,8,10H2,1-5H3,(H,21,23). The van der Waals surface area contributed by atoms with Gasteiger partial charge in [-0.15, -0.1) is 11.3 Å². The highest BCUT2D eigenvalue weighted by Gasteiger charge is 2.27. The number of aryl methyl sites for hydroxylation is 2. The summed E-state index contributed by atoms with van der Waals surface area (Å²) in [5.41, 5.74) is 1.57. The first-order valence-electron chi connectivity index (χ1n) is 9.04. The minimum Gasteiger partial charge on any atom is -0.462 e. The highest BCUT2D eigenvalue weighted by Crippen LogP contribution is 2.34. The second kappa shape index (κ2) is 9.50. The molecule has 0 fully saturated rings. The summed E-state index contributed by atoms with van der Waals surface area (Å²) in [5.74, 6) is -1.40. The zero-order valence-corrected chi connectivity index (χ0v) is 17.5. The van der Waals surface area contributed by atoms with Crippen molar-refractivity contribution in [3.63, 3.8) is 0 Å². The van der Waals surface area contributed by atoms with Gasteiger partial charge in [0.2, 0.25) is 5.91 Å². The van der Waals surface area contributed by atoms with Gasteiger partial charge in [-0.25, -0.2) is 9.59 Å². The van der Waals surface area contributed by atoms with Gasteiger partial charge in [0.1, 0.15) is 9.88 Å². The number of thiophene rings is 1. The van der Waals surface area contributed by atoms with E-state index in [0.29, 0.717) is 12.1 Å². The molecule has 0 saturated heterocycles. The number of aromatic nitrogens is 2. The molecule has 0 aliphatic heterocycles. The molecule has 0 bridgehead atoms. The molecular weight excluding hydrogens is 382 g/mol. The maximum absolute atomic E-state index is 12.5. The molecule has 152 valence electrons. The lowest BCUT2D eigenvalue weighted by Gasteiger charge is -2.10. The Morgan fingerprint density at radius 2 is 1.96 bits per heavy atom. The van der Waals surface area contributed by atoms with Gasteiger partial charge in [-0.1, -0.05) is 0 Å². The van der Waals surface area contributed by atoms with Crippen LogP contribution < -0.4 is 5.32 Å². The van der Waals surface area contributed by atoms with Crippen LogP contribution >= 0.6 is 11.3 Å². The maximum atomic E-state index is 12.5. The Morgan fingerprint density at radius 1 is 1.25 bits per heavy atom. The first kappa shape index (κ1) is 21.6. The number of rotatable bonds is 8. The maximum Gasteiger partial charge on any atom is 0.348 e. The Morgan fingerprint density at radius 3 is 2.54 bits per heavy atom. The van der Waals surface area contributed by atoms with Gasteiger partial charge in [0.15, 0.2) is 0 Å². The van der Waals surface area contributed by atoms with Crippen molar-refractivity contribution in [3.05, 3.63) is 34.0 Å². The van der Waals surface area contributed by atoms with Crippen LogP contribution in [0, 0.1) is 13.8 Å². The minimum absolute atomic E-state index is 0.173. The van der Waals surface area contributed by atoms with E-state index >= 15 is 0 Å². The van der Waals surface area contributed by atoms with Gasteiger partial charge >= 0.3 is 11.9 Å². The number of hydrogen-bond donors (Lipinski definition) is 1. The lowest BCUT2D eigenvalue weighted by atomic mass is 10.1. The second-order valence-electron chi connectivity index (χ2n) is 6.43. The lowest BCUT2D eigenvalue weighted by molar-refractivity contribution is -0.116. The van der Waals surface area contributed by atoms with Crippen molar-refractivity contribution >= 4 is 34.2 Å². The monoisotopic (exact) mass is 407 g/mol. The van der Waals surface area contributed by atoms with Crippen LogP contribution in [0.5, 0.6) is 0 Å². The number of hydrogen-bond acceptors (Lipinski definition) is 7. The van der Waals surface area contributed by atoms with Crippen molar-refractivity contribution in [1.29, 1.82) is 0 Å². The SMILES string of the molecule is CCOC(=O)c1sc(NC(=O)CCn2nccc2C)c(C(=O)OC(C)C)c1C. The fourth-order valence-electron chi connectivity index (χ4n) is 2.54. The van der Waals surface area contributed by atoms with Gasteiger partial charge in [0.25, 0.3) is 0 Å². The summed E-state index contributed by atoms with van der Waals surface area (Å²) in [6, 6.07) is 1.85. The molecule has 2 heterocycles. The van der Waals surface area contributed by atoms with Crippen molar-refractivity contribution in [1.82, 2.24) is 9.78 Å². The molecule has 8 nitrogen and oxygen atoms in total. The molecule has 28 heavy (non-hydrogen) atoms. The summed E-state index contributed by atoms with van der Waals surface area (Å²) in [5, 5.41) is 7.16. The molecule has 9 heteroatoms. The van der Waals surface area contributed by atoms with Crippen molar-refractivity contribution in [3.8, 4) is 0 Å². The minimum atomic E-state index is -0.586. The molecule has 2 aromatic heterocycles. The molecule has 0 atom stereocenters. The van der Waals surface area contributed by atoms with Gasteiger partial charge in [-0.2, -0.15) is 5.10 Å². The first-order chi connectivity index (χ1) is 13.2. The molecule has 0 radical (unpaired) electrons. The average Bonchev–Trinajstić information content (AvgIpc) is 3.15. The van der Waals surface area contributed by atoms with Crippen LogP contribution in [0.3, 0.4) is 0 Å². The number of esters is 2. The van der Waals surface area contributed by atoms with Crippen LogP contribution in [-0.2, 0) is 20.8 Å². The number of carbonyl (C=O) groups excluding carboxylic acids is 3. The van der Waals surface area contributed by atoms with Crippen LogP contribution in [0.2, 0.25) is 0 Å². The van der Waals surface area contributed by atoms with Crippen LogP contribution in [-0.4, -0.2) is 40.3 Å². The zero-order valence-electron chi connectivity index (χ0n) is 16.7. The van der Waals surface area contributed by atoms with Gasteiger partial charge in [0.05, 0.1) is 18.3 Å². The smallest absolute Gasteiger partial charge is 0.348 e. The Labute approximate surface area is 167 Å². The van der Waals surface area contributed by atoms with E-state index in [4.69, 9.17) is 9.47 Å². The lowest BCUT2D eigenvalue weighted by Crippen LogP contribution is -2.18. The normalized spacial score (nSPS) is 10.8. The Hall–Kier alpha value is -2.68. The summed E-state index contributed by atoms with van der Waals surface area (Å²) in [7, 11) is 0. The van der Waals surface area contributed by atoms with E-state index in [1.165, 1.54) is 0 Å². The number of ether oxygens (including phenoxy) is 2. The van der Waals surface area contributed by atoms with E-state index in [-0.39, 0.29) is 40.5 Å². The summed E-state index contributed by atoms with van der Waals surface area (Å²) in [6.45, 7) is 9.34. The van der Waals surface area contributed by atoms with Crippen LogP contribution in [0.25, 0.3) is 0 Å². The summed E-state index contributed by atoms with van der Waals surface area (Å²) in [6.07, 6.45) is 1.51. The van der Waals surface area contributed by atoms with Gasteiger partial charge < -0.3 is 14.8 Å². The highest BCUT2D eigenvalue weighted by atomic mass is 32.1. The summed E-state index contributed by atoms with van der Waals surface area (Å²) >= 11 is 1.01. The highest BCUT2D eigenvalue weighted by molar-refractivity contribution is 7.18. The van der Waals surface area contributed by atoms with Gasteiger partial charge in [-0.3, -0.25) is 9.48 Å². The molecule has 0 aliphatic rings. The molecule has 2 aromatic rings. The van der Waals surface area contributed by atoms with Crippen molar-refractivity contribution in [2.75, 3.05) is 11.9 Å². The molecule has 0 aliphatic carbocycles. The van der Waals surface area contributed by atoms with E-state index in [1.54, 1.807) is 38.6 Å². The van der Waals surface area contributed by atoms with E-state index < -0.39 is 11.9 Å². The third-order valence-electron chi connectivity index (χ3n) is 3.89.